The summed E-state index contributed by atoms with van der Waals surface area (Å²) < 4.78 is 16.0. The molecule has 2 aromatic carbocycles. The van der Waals surface area contributed by atoms with Crippen LogP contribution >= 0.6 is 0 Å². The van der Waals surface area contributed by atoms with Gasteiger partial charge in [0.1, 0.15) is 18.1 Å². The molecule has 1 amide bonds. The number of hydrogen-bond acceptors (Lipinski definition) is 5. The predicted molar refractivity (Wildman–Crippen MR) is 112 cm³/mol. The number of benzene rings is 2. The molecule has 3 rings (SSSR count). The second-order valence-corrected chi connectivity index (χ2v) is 6.92. The number of ether oxygens (including phenoxy) is 2. The van der Waals surface area contributed by atoms with Crippen LogP contribution in [0.1, 0.15) is 57.2 Å². The predicted octanol–water partition coefficient (Wildman–Crippen LogP) is 4.83. The highest BCUT2D eigenvalue weighted by Gasteiger charge is 2.17. The summed E-state index contributed by atoms with van der Waals surface area (Å²) in [5.74, 6) is 0.673. The topological polar surface area (TPSA) is 77.8 Å². The van der Waals surface area contributed by atoms with Crippen LogP contribution in [0.2, 0.25) is 0 Å². The molecule has 0 radical (unpaired) electrons. The number of rotatable bonds is 8. The van der Waals surface area contributed by atoms with Crippen molar-refractivity contribution < 1.29 is 23.5 Å². The second-order valence-electron chi connectivity index (χ2n) is 6.92. The molecule has 0 saturated heterocycles. The molecule has 1 aromatic heterocycles. The zero-order valence-electron chi connectivity index (χ0n) is 17.3. The Kier molecular flexibility index (Phi) is 6.91. The van der Waals surface area contributed by atoms with E-state index in [1.807, 2.05) is 38.1 Å². The van der Waals surface area contributed by atoms with Crippen molar-refractivity contribution in [3.8, 4) is 5.75 Å². The molecule has 0 aliphatic heterocycles. The van der Waals surface area contributed by atoms with E-state index in [0.29, 0.717) is 17.1 Å². The van der Waals surface area contributed by atoms with Gasteiger partial charge in [-0.25, -0.2) is 4.79 Å². The molecule has 0 aliphatic rings. The van der Waals surface area contributed by atoms with Crippen LogP contribution in [0.25, 0.3) is 0 Å². The summed E-state index contributed by atoms with van der Waals surface area (Å²) in [6.45, 7) is 4.22. The van der Waals surface area contributed by atoms with Crippen molar-refractivity contribution in [1.29, 1.82) is 0 Å². The highest BCUT2D eigenvalue weighted by molar-refractivity contribution is 5.91. The summed E-state index contributed by atoms with van der Waals surface area (Å²) in [5.41, 5.74) is 2.68. The number of amides is 1. The van der Waals surface area contributed by atoms with Crippen LogP contribution < -0.4 is 10.1 Å². The Morgan fingerprint density at radius 2 is 1.70 bits per heavy atom. The normalized spacial score (nSPS) is 11.6. The highest BCUT2D eigenvalue weighted by Crippen LogP contribution is 2.19. The molecule has 1 unspecified atom stereocenters. The maximum atomic E-state index is 12.6. The minimum absolute atomic E-state index is 0.0868. The van der Waals surface area contributed by atoms with E-state index in [0.717, 1.165) is 12.0 Å². The van der Waals surface area contributed by atoms with Gasteiger partial charge in [0.25, 0.3) is 5.91 Å². The van der Waals surface area contributed by atoms with Gasteiger partial charge in [0.05, 0.1) is 18.7 Å². The van der Waals surface area contributed by atoms with Gasteiger partial charge in [-0.1, -0.05) is 36.8 Å². The van der Waals surface area contributed by atoms with Crippen LogP contribution in [-0.2, 0) is 11.3 Å². The Bertz CT molecular complexity index is 989. The van der Waals surface area contributed by atoms with E-state index in [4.69, 9.17) is 9.15 Å². The number of carbonyl (C=O) groups excluding carboxylic acids is 2. The third-order valence-electron chi connectivity index (χ3n) is 4.74. The zero-order chi connectivity index (χ0) is 21.5. The maximum absolute atomic E-state index is 12.6. The minimum Gasteiger partial charge on any atom is -0.486 e. The third-order valence-corrected chi connectivity index (χ3v) is 4.74. The van der Waals surface area contributed by atoms with Crippen LogP contribution in [0.4, 0.5) is 0 Å². The molecule has 0 aliphatic carbocycles. The fourth-order valence-corrected chi connectivity index (χ4v) is 2.99. The first-order valence-electron chi connectivity index (χ1n) is 9.77. The molecular formula is C24H25NO5. The average molecular weight is 407 g/mol. The number of carbonyl (C=O) groups is 2. The van der Waals surface area contributed by atoms with Gasteiger partial charge in [-0.15, -0.1) is 0 Å². The molecule has 1 atom stereocenters. The Balaban J connectivity index is 1.57. The number of esters is 1. The molecule has 0 fully saturated rings. The molecule has 0 bridgehead atoms. The van der Waals surface area contributed by atoms with Crippen LogP contribution in [-0.4, -0.2) is 19.0 Å². The minimum atomic E-state index is -0.403. The van der Waals surface area contributed by atoms with Crippen molar-refractivity contribution in [3.05, 3.63) is 88.9 Å². The first-order valence-corrected chi connectivity index (χ1v) is 9.77. The van der Waals surface area contributed by atoms with Crippen LogP contribution in [0.3, 0.4) is 0 Å². The van der Waals surface area contributed by atoms with Crippen molar-refractivity contribution in [3.63, 3.8) is 0 Å². The van der Waals surface area contributed by atoms with Crippen LogP contribution in [0.5, 0.6) is 5.75 Å². The van der Waals surface area contributed by atoms with E-state index < -0.39 is 5.97 Å². The van der Waals surface area contributed by atoms with E-state index in [1.54, 1.807) is 36.4 Å². The molecule has 0 spiro atoms. The lowest BCUT2D eigenvalue weighted by molar-refractivity contribution is 0.0600. The van der Waals surface area contributed by atoms with Crippen molar-refractivity contribution in [1.82, 2.24) is 5.32 Å². The first-order chi connectivity index (χ1) is 14.5. The number of hydrogen-bond donors (Lipinski definition) is 1. The van der Waals surface area contributed by atoms with E-state index in [9.17, 15) is 9.59 Å². The molecular weight excluding hydrogens is 382 g/mol. The Labute approximate surface area is 175 Å². The molecule has 6 heteroatoms. The zero-order valence-corrected chi connectivity index (χ0v) is 17.3. The Hall–Kier alpha value is -3.54. The smallest absolute Gasteiger partial charge is 0.337 e. The number of furan rings is 1. The average Bonchev–Trinajstić information content (AvgIpc) is 3.25. The molecule has 156 valence electrons. The summed E-state index contributed by atoms with van der Waals surface area (Å²) in [7, 11) is 1.33. The van der Waals surface area contributed by atoms with Gasteiger partial charge in [-0.3, -0.25) is 4.79 Å². The molecule has 1 heterocycles. The quantitative estimate of drug-likeness (QED) is 0.541. The summed E-state index contributed by atoms with van der Waals surface area (Å²) in [6.07, 6.45) is 0.771. The largest absolute Gasteiger partial charge is 0.486 e. The van der Waals surface area contributed by atoms with Gasteiger partial charge in [-0.2, -0.15) is 0 Å². The van der Waals surface area contributed by atoms with Gasteiger partial charge in [0, 0.05) is 0 Å². The van der Waals surface area contributed by atoms with Crippen LogP contribution in [0.15, 0.2) is 65.1 Å². The van der Waals surface area contributed by atoms with Crippen molar-refractivity contribution >= 4 is 11.9 Å². The van der Waals surface area contributed by atoms with E-state index in [-0.39, 0.29) is 24.3 Å². The molecule has 3 aromatic rings. The lowest BCUT2D eigenvalue weighted by atomic mass is 10.0. The second kappa shape index (κ2) is 9.78. The van der Waals surface area contributed by atoms with Gasteiger partial charge in [0.15, 0.2) is 5.76 Å². The van der Waals surface area contributed by atoms with E-state index in [2.05, 4.69) is 10.1 Å². The SMILES string of the molecule is CCC(NC(=O)c1ccc(COc2ccc(C(=O)OC)cc2)o1)c1ccc(C)cc1. The van der Waals surface area contributed by atoms with Gasteiger partial charge >= 0.3 is 5.97 Å². The highest BCUT2D eigenvalue weighted by atomic mass is 16.5. The Morgan fingerprint density at radius 3 is 2.33 bits per heavy atom. The molecule has 6 nitrogen and oxygen atoms in total. The van der Waals surface area contributed by atoms with Crippen molar-refractivity contribution in [2.45, 2.75) is 32.9 Å². The van der Waals surface area contributed by atoms with Gasteiger partial charge in [0.2, 0.25) is 0 Å². The van der Waals surface area contributed by atoms with Crippen LogP contribution in [0, 0.1) is 6.92 Å². The lowest BCUT2D eigenvalue weighted by Gasteiger charge is -2.17. The summed E-state index contributed by atoms with van der Waals surface area (Å²) in [6, 6.07) is 18.0. The fourth-order valence-electron chi connectivity index (χ4n) is 2.99. The molecule has 1 N–H and O–H groups in total. The summed E-state index contributed by atoms with van der Waals surface area (Å²) >= 11 is 0. The molecule has 30 heavy (non-hydrogen) atoms. The first kappa shape index (κ1) is 21.2. The number of aryl methyl sites for hydroxylation is 1. The lowest BCUT2D eigenvalue weighted by Crippen LogP contribution is -2.27. The number of methoxy groups -OCH3 is 1. The molecule has 0 saturated carbocycles. The fraction of sp³-hybridized carbons (Fsp3) is 0.250. The number of nitrogens with one attached hydrogen (secondary N) is 1. The van der Waals surface area contributed by atoms with E-state index >= 15 is 0 Å². The Morgan fingerprint density at radius 1 is 1.00 bits per heavy atom. The summed E-state index contributed by atoms with van der Waals surface area (Å²) in [5, 5.41) is 3.01. The van der Waals surface area contributed by atoms with Gasteiger partial charge < -0.3 is 19.2 Å². The monoisotopic (exact) mass is 407 g/mol. The van der Waals surface area contributed by atoms with Crippen molar-refractivity contribution in [2.75, 3.05) is 7.11 Å². The third kappa shape index (κ3) is 5.29. The standard InChI is InChI=1S/C24H25NO5/c1-4-21(17-7-5-16(2)6-8-17)25-23(26)22-14-13-20(30-22)15-29-19-11-9-18(10-12-19)24(27)28-3/h5-14,21H,4,15H2,1-3H3,(H,25,26). The van der Waals surface area contributed by atoms with E-state index in [1.165, 1.54) is 12.7 Å². The maximum Gasteiger partial charge on any atom is 0.337 e. The van der Waals surface area contributed by atoms with Crippen molar-refractivity contribution in [2.24, 2.45) is 0 Å². The van der Waals surface area contributed by atoms with Gasteiger partial charge in [-0.05, 0) is 55.3 Å². The summed E-state index contributed by atoms with van der Waals surface area (Å²) in [4.78, 5) is 24.0.